The zero-order chi connectivity index (χ0) is 23.7. The van der Waals surface area contributed by atoms with Gasteiger partial charge in [0.1, 0.15) is 0 Å². The lowest BCUT2D eigenvalue weighted by Crippen LogP contribution is -2.33. The number of hydrogen-bond donors (Lipinski definition) is 1. The van der Waals surface area contributed by atoms with Crippen LogP contribution < -0.4 is 10.2 Å². The van der Waals surface area contributed by atoms with Crippen molar-refractivity contribution in [3.63, 3.8) is 0 Å². The molecular weight excluding hydrogens is 472 g/mol. The van der Waals surface area contributed by atoms with Crippen molar-refractivity contribution < 1.29 is 18.5 Å². The van der Waals surface area contributed by atoms with Crippen molar-refractivity contribution >= 4 is 39.9 Å². The van der Waals surface area contributed by atoms with Gasteiger partial charge in [-0.05, 0) is 60.9 Å². The average molecular weight is 495 g/mol. The standard InChI is InChI=1S/C26H23ClN2O4S/c27-19-10-7-17(8-11-19)16-29-22-14-18(25(30)28-15-20-4-3-13-33-20)9-12-24(22)34(32)23-6-2-1-5-21(23)26(29)31/h1-2,5-12,14,20H,3-4,13,15-16H2,(H,28,30)/t20-,34+/m0/s1. The molecule has 3 aromatic carbocycles. The van der Waals surface area contributed by atoms with E-state index in [1.54, 1.807) is 59.5 Å². The largest absolute Gasteiger partial charge is 0.376 e. The Bertz CT molecular complexity index is 1270. The van der Waals surface area contributed by atoms with Crippen LogP contribution >= 0.6 is 11.6 Å². The van der Waals surface area contributed by atoms with Crippen molar-refractivity contribution in [2.75, 3.05) is 18.1 Å². The van der Waals surface area contributed by atoms with E-state index in [-0.39, 0.29) is 24.5 Å². The number of rotatable bonds is 5. The number of hydrogen-bond acceptors (Lipinski definition) is 4. The van der Waals surface area contributed by atoms with Gasteiger partial charge in [-0.15, -0.1) is 0 Å². The molecule has 0 radical (unpaired) electrons. The van der Waals surface area contributed by atoms with Crippen LogP contribution in [0.3, 0.4) is 0 Å². The zero-order valence-corrected chi connectivity index (χ0v) is 19.9. The van der Waals surface area contributed by atoms with Gasteiger partial charge in [0.15, 0.2) is 0 Å². The maximum atomic E-state index is 13.6. The van der Waals surface area contributed by atoms with E-state index in [2.05, 4.69) is 5.32 Å². The number of anilines is 1. The molecule has 2 aliphatic heterocycles. The number of amides is 2. The van der Waals surface area contributed by atoms with Crippen LogP contribution in [-0.2, 0) is 22.1 Å². The van der Waals surface area contributed by atoms with Crippen LogP contribution in [0.15, 0.2) is 76.5 Å². The Morgan fingerprint density at radius 3 is 2.65 bits per heavy atom. The van der Waals surface area contributed by atoms with E-state index in [0.29, 0.717) is 44.8 Å². The van der Waals surface area contributed by atoms with Gasteiger partial charge >= 0.3 is 0 Å². The first kappa shape index (κ1) is 22.8. The summed E-state index contributed by atoms with van der Waals surface area (Å²) in [6.45, 7) is 1.39. The van der Waals surface area contributed by atoms with Crippen LogP contribution in [0.2, 0.25) is 5.02 Å². The quantitative estimate of drug-likeness (QED) is 0.563. The van der Waals surface area contributed by atoms with Gasteiger partial charge in [-0.25, -0.2) is 4.21 Å². The molecule has 0 aromatic heterocycles. The fourth-order valence-corrected chi connectivity index (χ4v) is 5.72. The SMILES string of the molecule is O=C(NC[C@@H]1CCCO1)c1ccc2c(c1)N(Cc1ccc(Cl)cc1)C(=O)c1ccccc1[S@]2=O. The molecule has 1 fully saturated rings. The third-order valence-electron chi connectivity index (χ3n) is 6.04. The lowest BCUT2D eigenvalue weighted by Gasteiger charge is -2.24. The van der Waals surface area contributed by atoms with Gasteiger partial charge in [-0.1, -0.05) is 35.9 Å². The first-order valence-corrected chi connectivity index (χ1v) is 12.6. The summed E-state index contributed by atoms with van der Waals surface area (Å²) in [6, 6.07) is 19.1. The molecule has 0 unspecified atom stereocenters. The molecule has 2 aliphatic rings. The molecular formula is C26H23ClN2O4S. The van der Waals surface area contributed by atoms with Gasteiger partial charge < -0.3 is 15.0 Å². The van der Waals surface area contributed by atoms with Crippen LogP contribution in [0.1, 0.15) is 39.1 Å². The third-order valence-corrected chi connectivity index (χ3v) is 7.79. The van der Waals surface area contributed by atoms with Gasteiger partial charge in [0.25, 0.3) is 11.8 Å². The average Bonchev–Trinajstić information content (AvgIpc) is 3.37. The fraction of sp³-hybridized carbons (Fsp3) is 0.231. The molecule has 6 nitrogen and oxygen atoms in total. The summed E-state index contributed by atoms with van der Waals surface area (Å²) >= 11 is 6.03. The van der Waals surface area contributed by atoms with Crippen LogP contribution in [0, 0.1) is 0 Å². The molecule has 2 atom stereocenters. The Morgan fingerprint density at radius 1 is 1.09 bits per heavy atom. The highest BCUT2D eigenvalue weighted by molar-refractivity contribution is 7.85. The molecule has 2 heterocycles. The molecule has 1 saturated heterocycles. The smallest absolute Gasteiger partial charge is 0.259 e. The number of benzene rings is 3. The minimum absolute atomic E-state index is 0.0229. The Labute approximate surface area is 205 Å². The summed E-state index contributed by atoms with van der Waals surface area (Å²) in [5.41, 5.74) is 2.10. The number of carbonyl (C=O) groups is 2. The third kappa shape index (κ3) is 4.51. The van der Waals surface area contributed by atoms with Gasteiger partial charge in [0.05, 0.1) is 44.5 Å². The highest BCUT2D eigenvalue weighted by Gasteiger charge is 2.31. The molecule has 0 saturated carbocycles. The van der Waals surface area contributed by atoms with Crippen molar-refractivity contribution in [2.45, 2.75) is 35.3 Å². The van der Waals surface area contributed by atoms with Crippen LogP contribution in [0.25, 0.3) is 0 Å². The molecule has 174 valence electrons. The second-order valence-electron chi connectivity index (χ2n) is 8.31. The summed E-state index contributed by atoms with van der Waals surface area (Å²) in [5, 5.41) is 3.52. The van der Waals surface area contributed by atoms with Gasteiger partial charge in [0.2, 0.25) is 0 Å². The van der Waals surface area contributed by atoms with Gasteiger partial charge in [-0.3, -0.25) is 9.59 Å². The molecule has 1 N–H and O–H groups in total. The predicted octanol–water partition coefficient (Wildman–Crippen LogP) is 4.58. The fourth-order valence-electron chi connectivity index (χ4n) is 4.25. The lowest BCUT2D eigenvalue weighted by molar-refractivity contribution is 0.0857. The number of fused-ring (bicyclic) bond motifs is 2. The number of nitrogens with one attached hydrogen (secondary N) is 1. The second-order valence-corrected chi connectivity index (χ2v) is 10.2. The Balaban J connectivity index is 1.53. The number of nitrogens with zero attached hydrogens (tertiary/aromatic N) is 1. The topological polar surface area (TPSA) is 75.7 Å². The first-order valence-electron chi connectivity index (χ1n) is 11.1. The zero-order valence-electron chi connectivity index (χ0n) is 18.3. The summed E-state index contributed by atoms with van der Waals surface area (Å²) in [7, 11) is -1.57. The van der Waals surface area contributed by atoms with Crippen molar-refractivity contribution in [2.24, 2.45) is 0 Å². The molecule has 0 bridgehead atoms. The Kier molecular flexibility index (Phi) is 6.50. The lowest BCUT2D eigenvalue weighted by atomic mass is 10.1. The van der Waals surface area contributed by atoms with E-state index in [0.717, 1.165) is 18.4 Å². The molecule has 3 aromatic rings. The second kappa shape index (κ2) is 9.70. The summed E-state index contributed by atoms with van der Waals surface area (Å²) in [6.07, 6.45) is 1.94. The molecule has 0 spiro atoms. The summed E-state index contributed by atoms with van der Waals surface area (Å²) < 4.78 is 19.1. The monoisotopic (exact) mass is 494 g/mol. The van der Waals surface area contributed by atoms with Gasteiger partial charge in [0, 0.05) is 23.7 Å². The normalized spacial score (nSPS) is 19.3. The summed E-state index contributed by atoms with van der Waals surface area (Å²) in [4.78, 5) is 29.1. The van der Waals surface area contributed by atoms with Crippen molar-refractivity contribution in [3.05, 3.63) is 88.4 Å². The first-order chi connectivity index (χ1) is 16.5. The minimum atomic E-state index is -1.57. The van der Waals surface area contributed by atoms with Crippen LogP contribution in [0.4, 0.5) is 5.69 Å². The molecule has 0 aliphatic carbocycles. The maximum absolute atomic E-state index is 13.6. The molecule has 5 rings (SSSR count). The number of carbonyl (C=O) groups excluding carboxylic acids is 2. The van der Waals surface area contributed by atoms with Crippen LogP contribution in [0.5, 0.6) is 0 Å². The minimum Gasteiger partial charge on any atom is -0.376 e. The van der Waals surface area contributed by atoms with Crippen molar-refractivity contribution in [1.82, 2.24) is 5.32 Å². The Morgan fingerprint density at radius 2 is 1.88 bits per heavy atom. The molecule has 8 heteroatoms. The molecule has 34 heavy (non-hydrogen) atoms. The predicted molar refractivity (Wildman–Crippen MR) is 131 cm³/mol. The van der Waals surface area contributed by atoms with E-state index in [9.17, 15) is 13.8 Å². The van der Waals surface area contributed by atoms with E-state index >= 15 is 0 Å². The van der Waals surface area contributed by atoms with Crippen LogP contribution in [-0.4, -0.2) is 35.3 Å². The maximum Gasteiger partial charge on any atom is 0.259 e. The van der Waals surface area contributed by atoms with Crippen molar-refractivity contribution in [3.8, 4) is 0 Å². The van der Waals surface area contributed by atoms with Crippen molar-refractivity contribution in [1.29, 1.82) is 0 Å². The van der Waals surface area contributed by atoms with E-state index < -0.39 is 10.8 Å². The van der Waals surface area contributed by atoms with E-state index in [4.69, 9.17) is 16.3 Å². The number of halogens is 1. The Hall–Kier alpha value is -3.00. The highest BCUT2D eigenvalue weighted by atomic mass is 35.5. The van der Waals surface area contributed by atoms with E-state index in [1.807, 2.05) is 12.1 Å². The molecule has 2 amide bonds. The highest BCUT2D eigenvalue weighted by Crippen LogP contribution is 2.36. The van der Waals surface area contributed by atoms with E-state index in [1.165, 1.54) is 0 Å². The van der Waals surface area contributed by atoms with Gasteiger partial charge in [-0.2, -0.15) is 0 Å². The summed E-state index contributed by atoms with van der Waals surface area (Å²) in [5.74, 6) is -0.528. The number of ether oxygens (including phenoxy) is 1.